The highest BCUT2D eigenvalue weighted by atomic mass is 32.1. The number of aryl methyl sites for hydroxylation is 1. The van der Waals surface area contributed by atoms with E-state index in [1.165, 1.54) is 86.6 Å². The zero-order valence-corrected chi connectivity index (χ0v) is 25.6. The first-order chi connectivity index (χ1) is 21.0. The summed E-state index contributed by atoms with van der Waals surface area (Å²) >= 11 is 1.90. The minimum Gasteiger partial charge on any atom is -0.135 e. The van der Waals surface area contributed by atoms with Crippen LogP contribution in [0.5, 0.6) is 0 Å². The van der Waals surface area contributed by atoms with Gasteiger partial charge in [0.2, 0.25) is 0 Å². The molecule has 6 aromatic carbocycles. The molecule has 1 aromatic heterocycles. The van der Waals surface area contributed by atoms with E-state index in [9.17, 15) is 0 Å². The quantitative estimate of drug-likeness (QED) is 0.185. The lowest BCUT2D eigenvalue weighted by Gasteiger charge is -2.24. The molecule has 0 nitrogen and oxygen atoms in total. The van der Waals surface area contributed by atoms with E-state index in [1.54, 1.807) is 0 Å². The summed E-state index contributed by atoms with van der Waals surface area (Å²) < 4.78 is 1.34. The highest BCUT2D eigenvalue weighted by Gasteiger charge is 2.38. The van der Waals surface area contributed by atoms with Crippen LogP contribution in [0.25, 0.3) is 59.5 Å². The van der Waals surface area contributed by atoms with Gasteiger partial charge in [-0.15, -0.1) is 11.3 Å². The minimum absolute atomic E-state index is 0.166. The molecule has 0 N–H and O–H groups in total. The molecule has 0 bridgehead atoms. The van der Waals surface area contributed by atoms with E-state index in [-0.39, 0.29) is 5.41 Å². The van der Waals surface area contributed by atoms with E-state index in [4.69, 9.17) is 0 Å². The summed E-state index contributed by atoms with van der Waals surface area (Å²) in [5, 5.41) is 6.49. The van der Waals surface area contributed by atoms with E-state index in [2.05, 4.69) is 155 Å². The zero-order chi connectivity index (χ0) is 29.3. The smallest absolute Gasteiger partial charge is 0.0393 e. The number of rotatable bonds is 4. The molecule has 1 heterocycles. The lowest BCUT2D eigenvalue weighted by Crippen LogP contribution is -2.16. The molecule has 7 aromatic rings. The van der Waals surface area contributed by atoms with Crippen LogP contribution < -0.4 is 0 Å². The molecule has 1 heteroatoms. The largest absolute Gasteiger partial charge is 0.135 e. The van der Waals surface area contributed by atoms with Crippen molar-refractivity contribution >= 4 is 48.5 Å². The summed E-state index contributed by atoms with van der Waals surface area (Å²) in [6.07, 6.45) is 2.10. The van der Waals surface area contributed by atoms with Gasteiger partial charge < -0.3 is 0 Å². The van der Waals surface area contributed by atoms with Crippen molar-refractivity contribution in [2.75, 3.05) is 0 Å². The van der Waals surface area contributed by atoms with E-state index in [0.717, 1.165) is 0 Å². The Labute approximate surface area is 257 Å². The van der Waals surface area contributed by atoms with Gasteiger partial charge in [0.25, 0.3) is 0 Å². The molecule has 43 heavy (non-hydrogen) atoms. The predicted molar refractivity (Wildman–Crippen MR) is 188 cm³/mol. The number of thiophene rings is 1. The maximum atomic E-state index is 4.33. The van der Waals surface area contributed by atoms with Crippen LogP contribution in [0.1, 0.15) is 35.4 Å². The first-order valence-corrected chi connectivity index (χ1v) is 15.8. The molecule has 0 unspecified atom stereocenters. The Kier molecular flexibility index (Phi) is 5.83. The predicted octanol–water partition coefficient (Wildman–Crippen LogP) is 12.1. The van der Waals surface area contributed by atoms with Crippen LogP contribution >= 0.6 is 11.3 Å². The number of benzene rings is 6. The average Bonchev–Trinajstić information content (AvgIpc) is 3.49. The third-order valence-corrected chi connectivity index (χ3v) is 10.8. The Morgan fingerprint density at radius 2 is 1.14 bits per heavy atom. The molecular weight excluding hydrogens is 537 g/mol. The normalized spacial score (nSPS) is 14.1. The SMILES string of the molecule is C=CC1=C(c2sc3ccccc3c2C)c2ccc(-c3c4ccccc4c(-c4ccccc4)c4ccccc34)cc2C1(C)C. The summed E-state index contributed by atoms with van der Waals surface area (Å²) in [5.74, 6) is 0. The lowest BCUT2D eigenvalue weighted by atomic mass is 9.79. The fourth-order valence-electron chi connectivity index (χ4n) is 7.41. The van der Waals surface area contributed by atoms with Crippen LogP contribution in [-0.2, 0) is 5.41 Å². The molecule has 0 atom stereocenters. The Morgan fingerprint density at radius 3 is 1.72 bits per heavy atom. The molecule has 0 fully saturated rings. The lowest BCUT2D eigenvalue weighted by molar-refractivity contribution is 0.655. The Balaban J connectivity index is 1.40. The van der Waals surface area contributed by atoms with Crippen molar-refractivity contribution in [3.05, 3.63) is 161 Å². The molecule has 0 radical (unpaired) electrons. The van der Waals surface area contributed by atoms with Crippen molar-refractivity contribution in [1.29, 1.82) is 0 Å². The number of hydrogen-bond donors (Lipinski definition) is 0. The molecular formula is C42H32S. The third-order valence-electron chi connectivity index (χ3n) is 9.46. The highest BCUT2D eigenvalue weighted by molar-refractivity contribution is 7.20. The van der Waals surface area contributed by atoms with Gasteiger partial charge >= 0.3 is 0 Å². The van der Waals surface area contributed by atoms with E-state index in [0.29, 0.717) is 0 Å². The molecule has 0 aliphatic heterocycles. The Morgan fingerprint density at radius 1 is 0.605 bits per heavy atom. The van der Waals surface area contributed by atoms with E-state index >= 15 is 0 Å². The summed E-state index contributed by atoms with van der Waals surface area (Å²) in [6.45, 7) is 11.3. The molecule has 0 amide bonds. The van der Waals surface area contributed by atoms with Gasteiger partial charge in [-0.3, -0.25) is 0 Å². The second-order valence-corrected chi connectivity index (χ2v) is 13.2. The molecule has 1 aliphatic carbocycles. The average molecular weight is 569 g/mol. The topological polar surface area (TPSA) is 0 Å². The molecule has 206 valence electrons. The Bertz CT molecular complexity index is 2220. The summed E-state index contributed by atoms with van der Waals surface area (Å²) in [4.78, 5) is 1.36. The molecule has 1 aliphatic rings. The first kappa shape index (κ1) is 25.9. The van der Waals surface area contributed by atoms with Crippen molar-refractivity contribution in [3.8, 4) is 22.3 Å². The fraction of sp³-hybridized carbons (Fsp3) is 0.0952. The Hall–Kier alpha value is -4.72. The van der Waals surface area contributed by atoms with Gasteiger partial charge in [-0.1, -0.05) is 136 Å². The van der Waals surface area contributed by atoms with Crippen molar-refractivity contribution in [3.63, 3.8) is 0 Å². The van der Waals surface area contributed by atoms with Crippen LogP contribution in [0, 0.1) is 6.92 Å². The zero-order valence-electron chi connectivity index (χ0n) is 24.7. The highest BCUT2D eigenvalue weighted by Crippen LogP contribution is 2.53. The fourth-order valence-corrected chi connectivity index (χ4v) is 8.69. The maximum Gasteiger partial charge on any atom is 0.0393 e. The second kappa shape index (κ2) is 9.66. The van der Waals surface area contributed by atoms with Gasteiger partial charge in [-0.25, -0.2) is 0 Å². The molecule has 0 spiro atoms. The molecule has 0 saturated carbocycles. The summed E-state index contributed by atoms with van der Waals surface area (Å²) in [6, 6.07) is 44.6. The van der Waals surface area contributed by atoms with E-state index < -0.39 is 0 Å². The first-order valence-electron chi connectivity index (χ1n) is 15.0. The van der Waals surface area contributed by atoms with Gasteiger partial charge in [0.05, 0.1) is 0 Å². The van der Waals surface area contributed by atoms with Gasteiger partial charge in [0.15, 0.2) is 0 Å². The minimum atomic E-state index is -0.166. The third kappa shape index (κ3) is 3.75. The summed E-state index contributed by atoms with van der Waals surface area (Å²) in [5.41, 5.74) is 11.7. The van der Waals surface area contributed by atoms with Crippen molar-refractivity contribution in [1.82, 2.24) is 0 Å². The van der Waals surface area contributed by atoms with Crippen LogP contribution in [-0.4, -0.2) is 0 Å². The standard InChI is InChI=1S/C42H32S/c1-5-35-40(41-26(2)29-17-13-14-22-37(29)43-41)34-24-23-28(25-36(34)42(35,3)4)39-32-20-11-9-18-30(32)38(27-15-7-6-8-16-27)31-19-10-12-21-33(31)39/h5-25H,1H2,2-4H3. The van der Waals surface area contributed by atoms with Crippen LogP contribution in [0.2, 0.25) is 0 Å². The number of hydrogen-bond acceptors (Lipinski definition) is 1. The van der Waals surface area contributed by atoms with Gasteiger partial charge in [-0.2, -0.15) is 0 Å². The monoisotopic (exact) mass is 568 g/mol. The second-order valence-electron chi connectivity index (χ2n) is 12.1. The summed E-state index contributed by atoms with van der Waals surface area (Å²) in [7, 11) is 0. The van der Waals surface area contributed by atoms with Crippen LogP contribution in [0.4, 0.5) is 0 Å². The molecule has 8 rings (SSSR count). The number of allylic oxidation sites excluding steroid dienone is 2. The maximum absolute atomic E-state index is 4.33. The van der Waals surface area contributed by atoms with E-state index in [1.807, 2.05) is 11.3 Å². The van der Waals surface area contributed by atoms with Crippen molar-refractivity contribution in [2.45, 2.75) is 26.2 Å². The van der Waals surface area contributed by atoms with Gasteiger partial charge in [0.1, 0.15) is 0 Å². The van der Waals surface area contributed by atoms with Gasteiger partial charge in [0, 0.05) is 20.6 Å². The van der Waals surface area contributed by atoms with Crippen molar-refractivity contribution in [2.24, 2.45) is 0 Å². The molecule has 0 saturated heterocycles. The van der Waals surface area contributed by atoms with Crippen LogP contribution in [0.15, 0.2) is 140 Å². The van der Waals surface area contributed by atoms with Crippen molar-refractivity contribution < 1.29 is 0 Å². The van der Waals surface area contributed by atoms with Crippen LogP contribution in [0.3, 0.4) is 0 Å². The van der Waals surface area contributed by atoms with Gasteiger partial charge in [-0.05, 0) is 90.5 Å². The number of fused-ring (bicyclic) bond motifs is 4.